The first-order valence-electron chi connectivity index (χ1n) is 12.6. The highest BCUT2D eigenvalue weighted by Crippen LogP contribution is 2.35. The van der Waals surface area contributed by atoms with E-state index in [4.69, 9.17) is 0 Å². The third-order valence-electron chi connectivity index (χ3n) is 5.84. The van der Waals surface area contributed by atoms with Gasteiger partial charge in [0.2, 0.25) is 0 Å². The van der Waals surface area contributed by atoms with Crippen LogP contribution in [0.3, 0.4) is 0 Å². The van der Waals surface area contributed by atoms with Gasteiger partial charge in [0, 0.05) is 40.8 Å². The molecule has 39 heavy (non-hydrogen) atoms. The summed E-state index contributed by atoms with van der Waals surface area (Å²) in [5, 5.41) is 19.6. The van der Waals surface area contributed by atoms with E-state index in [1.807, 2.05) is 45.3 Å². The summed E-state index contributed by atoms with van der Waals surface area (Å²) in [6.45, 7) is 16.6. The van der Waals surface area contributed by atoms with E-state index in [1.165, 1.54) is 0 Å². The molecule has 6 rings (SSSR count). The summed E-state index contributed by atoms with van der Waals surface area (Å²) >= 11 is 0. The normalized spacial score (nSPS) is 10.2. The summed E-state index contributed by atoms with van der Waals surface area (Å²) in [6.07, 6.45) is 7.21. The van der Waals surface area contributed by atoms with Gasteiger partial charge >= 0.3 is 0 Å². The predicted octanol–water partition coefficient (Wildman–Crippen LogP) is 7.65. The Bertz CT molecular complexity index is 1630. The van der Waals surface area contributed by atoms with Crippen molar-refractivity contribution in [1.29, 1.82) is 0 Å². The Morgan fingerprint density at radius 3 is 2.36 bits per heavy atom. The fourth-order valence-electron chi connectivity index (χ4n) is 4.33. The van der Waals surface area contributed by atoms with Gasteiger partial charge in [-0.25, -0.2) is 4.39 Å². The Morgan fingerprint density at radius 2 is 1.64 bits per heavy atom. The van der Waals surface area contributed by atoms with Crippen molar-refractivity contribution in [3.8, 4) is 33.6 Å². The molecule has 0 unspecified atom stereocenters. The lowest BCUT2D eigenvalue weighted by Crippen LogP contribution is -2.05. The maximum Gasteiger partial charge on any atom is 0.124 e. The van der Waals surface area contributed by atoms with Gasteiger partial charge in [0.05, 0.1) is 29.1 Å². The van der Waals surface area contributed by atoms with Crippen molar-refractivity contribution < 1.29 is 4.39 Å². The standard InChI is InChI=1S/C25H20FN7.C2H6.2C2H4/c1-27-9-14-4-16(6-18(26)5-14)21-12-28-13-24-19(21)8-23(31-24)25-20-7-15(17-10-29-30-11-17)2-3-22(20)32-33-25;3*1-2/h2-8,10-13,27,31H,9H2,1H3,(H,29,30)(H,32,33);1-2H3;2*1-2H2. The summed E-state index contributed by atoms with van der Waals surface area (Å²) in [5.74, 6) is -0.268. The van der Waals surface area contributed by atoms with Crippen LogP contribution >= 0.6 is 0 Å². The van der Waals surface area contributed by atoms with Crippen molar-refractivity contribution >= 4 is 21.8 Å². The number of nitrogens with one attached hydrogen (secondary N) is 4. The van der Waals surface area contributed by atoms with E-state index in [-0.39, 0.29) is 5.82 Å². The van der Waals surface area contributed by atoms with Crippen molar-refractivity contribution in [1.82, 2.24) is 35.7 Å². The van der Waals surface area contributed by atoms with Crippen molar-refractivity contribution in [2.75, 3.05) is 7.05 Å². The molecule has 0 aliphatic heterocycles. The van der Waals surface area contributed by atoms with Gasteiger partial charge in [-0.1, -0.05) is 19.9 Å². The van der Waals surface area contributed by atoms with Crippen LogP contribution in [0.5, 0.6) is 0 Å². The van der Waals surface area contributed by atoms with Crippen molar-refractivity contribution in [3.63, 3.8) is 0 Å². The summed E-state index contributed by atoms with van der Waals surface area (Å²) in [5.41, 5.74) is 8.08. The minimum atomic E-state index is -0.268. The zero-order valence-electron chi connectivity index (χ0n) is 22.6. The molecule has 0 fully saturated rings. The molecule has 2 aromatic carbocycles. The first kappa shape index (κ1) is 28.7. The van der Waals surface area contributed by atoms with E-state index in [0.29, 0.717) is 6.54 Å². The lowest BCUT2D eigenvalue weighted by atomic mass is 10.0. The maximum absolute atomic E-state index is 14.3. The molecule has 0 saturated heterocycles. The van der Waals surface area contributed by atoms with E-state index in [1.54, 1.807) is 30.7 Å². The van der Waals surface area contributed by atoms with Crippen molar-refractivity contribution in [3.05, 3.63) is 105 Å². The quantitative estimate of drug-likeness (QED) is 0.174. The monoisotopic (exact) mass is 523 g/mol. The molecule has 7 nitrogen and oxygen atoms in total. The largest absolute Gasteiger partial charge is 0.352 e. The molecule has 0 amide bonds. The van der Waals surface area contributed by atoms with E-state index < -0.39 is 0 Å². The number of H-pyrrole nitrogens is 3. The van der Waals surface area contributed by atoms with E-state index in [2.05, 4.69) is 74.1 Å². The average molecular weight is 524 g/mol. The van der Waals surface area contributed by atoms with Gasteiger partial charge in [-0.05, 0) is 60.1 Å². The fourth-order valence-corrected chi connectivity index (χ4v) is 4.33. The molecule has 0 aliphatic carbocycles. The number of hydrogen-bond donors (Lipinski definition) is 4. The molecule has 0 aliphatic rings. The van der Waals surface area contributed by atoms with Crippen LogP contribution in [0.2, 0.25) is 0 Å². The number of pyridine rings is 1. The predicted molar refractivity (Wildman–Crippen MR) is 161 cm³/mol. The number of halogens is 1. The molecule has 0 spiro atoms. The fraction of sp³-hybridized carbons (Fsp3) is 0.129. The molecule has 6 aromatic rings. The third-order valence-corrected chi connectivity index (χ3v) is 5.84. The summed E-state index contributed by atoms with van der Waals surface area (Å²) in [6, 6.07) is 13.3. The number of rotatable bonds is 5. The van der Waals surface area contributed by atoms with Crippen LogP contribution in [-0.2, 0) is 6.54 Å². The van der Waals surface area contributed by atoms with Gasteiger partial charge in [0.1, 0.15) is 11.5 Å². The molecule has 4 aromatic heterocycles. The maximum atomic E-state index is 14.3. The minimum Gasteiger partial charge on any atom is -0.352 e. The Labute approximate surface area is 227 Å². The lowest BCUT2D eigenvalue weighted by Gasteiger charge is -2.07. The number of fused-ring (bicyclic) bond motifs is 2. The van der Waals surface area contributed by atoms with Crippen LogP contribution in [-0.4, -0.2) is 37.4 Å². The molecule has 4 heterocycles. The van der Waals surface area contributed by atoms with Crippen LogP contribution in [0.25, 0.3) is 55.4 Å². The molecule has 0 saturated carbocycles. The number of aromatic amines is 3. The number of benzene rings is 2. The van der Waals surface area contributed by atoms with Gasteiger partial charge in [0.25, 0.3) is 0 Å². The highest BCUT2D eigenvalue weighted by Gasteiger charge is 2.15. The summed E-state index contributed by atoms with van der Waals surface area (Å²) in [4.78, 5) is 7.83. The smallest absolute Gasteiger partial charge is 0.124 e. The Kier molecular flexibility index (Phi) is 10.1. The number of nitrogens with zero attached hydrogens (tertiary/aromatic N) is 3. The topological polar surface area (TPSA) is 98.1 Å². The molecule has 0 atom stereocenters. The highest BCUT2D eigenvalue weighted by molar-refractivity contribution is 6.01. The highest BCUT2D eigenvalue weighted by atomic mass is 19.1. The second kappa shape index (κ2) is 13.6. The Morgan fingerprint density at radius 1 is 0.846 bits per heavy atom. The third kappa shape index (κ3) is 6.02. The number of hydrogen-bond acceptors (Lipinski definition) is 4. The first-order chi connectivity index (χ1) is 19.2. The molecular weight excluding hydrogens is 489 g/mol. The lowest BCUT2D eigenvalue weighted by molar-refractivity contribution is 0.624. The Hall–Kier alpha value is -4.82. The molecular formula is C31H34FN7. The van der Waals surface area contributed by atoms with Gasteiger partial charge in [0.15, 0.2) is 0 Å². The van der Waals surface area contributed by atoms with E-state index in [9.17, 15) is 4.39 Å². The van der Waals surface area contributed by atoms with E-state index >= 15 is 0 Å². The zero-order chi connectivity index (χ0) is 28.4. The molecule has 200 valence electrons. The SMILES string of the molecule is C=C.C=C.CC.CNCc1cc(F)cc(-c2cncc3[nH]c(-c4n[nH]c5ccc(-c6cn[nH]c6)cc45)cc23)c1. The van der Waals surface area contributed by atoms with E-state index in [0.717, 1.165) is 61.0 Å². The van der Waals surface area contributed by atoms with Gasteiger partial charge in [-0.15, -0.1) is 26.3 Å². The molecule has 0 bridgehead atoms. The Balaban J connectivity index is 0.000000657. The molecule has 4 N–H and O–H groups in total. The van der Waals surface area contributed by atoms with Crippen LogP contribution in [0.4, 0.5) is 4.39 Å². The number of aromatic nitrogens is 6. The second-order valence-electron chi connectivity index (χ2n) is 8.03. The van der Waals surface area contributed by atoms with Crippen LogP contribution < -0.4 is 5.32 Å². The van der Waals surface area contributed by atoms with Crippen molar-refractivity contribution in [2.24, 2.45) is 0 Å². The van der Waals surface area contributed by atoms with Crippen molar-refractivity contribution in [2.45, 2.75) is 20.4 Å². The van der Waals surface area contributed by atoms with Crippen LogP contribution in [0.15, 0.2) is 93.6 Å². The van der Waals surface area contributed by atoms with Gasteiger partial charge < -0.3 is 10.3 Å². The van der Waals surface area contributed by atoms with Gasteiger partial charge in [-0.2, -0.15) is 10.2 Å². The summed E-state index contributed by atoms with van der Waals surface area (Å²) in [7, 11) is 1.84. The molecule has 8 heteroatoms. The zero-order valence-corrected chi connectivity index (χ0v) is 22.6. The first-order valence-corrected chi connectivity index (χ1v) is 12.6. The minimum absolute atomic E-state index is 0.268. The van der Waals surface area contributed by atoms with Crippen LogP contribution in [0.1, 0.15) is 19.4 Å². The van der Waals surface area contributed by atoms with Crippen LogP contribution in [0, 0.1) is 5.82 Å². The molecule has 0 radical (unpaired) electrons. The van der Waals surface area contributed by atoms with Gasteiger partial charge in [-0.3, -0.25) is 15.2 Å². The average Bonchev–Trinajstić information content (AvgIpc) is 3.75. The summed E-state index contributed by atoms with van der Waals surface area (Å²) < 4.78 is 14.3. The second-order valence-corrected chi connectivity index (χ2v) is 8.03.